The first-order valence-corrected chi connectivity index (χ1v) is 10.7. The van der Waals surface area contributed by atoms with E-state index in [1.54, 1.807) is 0 Å². The Labute approximate surface area is 176 Å². The van der Waals surface area contributed by atoms with Gasteiger partial charge in [-0.1, -0.05) is 24.3 Å². The molecule has 1 fully saturated rings. The fraction of sp³-hybridized carbons (Fsp3) is 0.417. The molecular weight excluding hydrogens is 378 g/mol. The van der Waals surface area contributed by atoms with Crippen LogP contribution in [0, 0.1) is 12.8 Å². The largest absolute Gasteiger partial charge is 0.482 e. The second kappa shape index (κ2) is 7.67. The van der Waals surface area contributed by atoms with Crippen LogP contribution in [0.5, 0.6) is 11.5 Å². The normalized spacial score (nSPS) is 21.7. The summed E-state index contributed by atoms with van der Waals surface area (Å²) in [5.74, 6) is 2.96. The summed E-state index contributed by atoms with van der Waals surface area (Å²) in [7, 11) is 0. The molecule has 2 aliphatic rings. The number of likely N-dealkylation sites (tertiary alicyclic amines) is 1. The number of rotatable bonds is 3. The minimum atomic E-state index is -0.587. The van der Waals surface area contributed by atoms with E-state index >= 15 is 0 Å². The molecule has 2 unspecified atom stereocenters. The monoisotopic (exact) mass is 405 g/mol. The highest BCUT2D eigenvalue weighted by Gasteiger charge is 2.38. The molecule has 3 aromatic rings. The fourth-order valence-electron chi connectivity index (χ4n) is 4.59. The zero-order chi connectivity index (χ0) is 20.7. The van der Waals surface area contributed by atoms with Gasteiger partial charge in [0.1, 0.15) is 11.9 Å². The van der Waals surface area contributed by atoms with Gasteiger partial charge >= 0.3 is 0 Å². The van der Waals surface area contributed by atoms with E-state index in [0.717, 1.165) is 43.8 Å². The maximum Gasteiger partial charge on any atom is 0.267 e. The van der Waals surface area contributed by atoms with Gasteiger partial charge in [0.15, 0.2) is 11.5 Å². The van der Waals surface area contributed by atoms with Crippen molar-refractivity contribution in [2.24, 2.45) is 5.92 Å². The maximum absolute atomic E-state index is 13.1. The maximum atomic E-state index is 13.1. The quantitative estimate of drug-likeness (QED) is 0.665. The Morgan fingerprint density at radius 1 is 1.03 bits per heavy atom. The summed E-state index contributed by atoms with van der Waals surface area (Å²) in [4.78, 5) is 19.7. The minimum absolute atomic E-state index is 0.0275. The number of imidazole rings is 1. The van der Waals surface area contributed by atoms with Gasteiger partial charge in [0, 0.05) is 19.6 Å². The van der Waals surface area contributed by atoms with E-state index in [4.69, 9.17) is 9.47 Å². The van der Waals surface area contributed by atoms with Gasteiger partial charge in [0.2, 0.25) is 6.10 Å². The van der Waals surface area contributed by atoms with E-state index in [1.807, 2.05) is 42.2 Å². The fourth-order valence-corrected chi connectivity index (χ4v) is 4.59. The van der Waals surface area contributed by atoms with Crippen molar-refractivity contribution in [3.8, 4) is 11.5 Å². The molecule has 3 heterocycles. The Bertz CT molecular complexity index is 1070. The topological polar surface area (TPSA) is 56.6 Å². The van der Waals surface area contributed by atoms with Crippen molar-refractivity contribution < 1.29 is 14.3 Å². The summed E-state index contributed by atoms with van der Waals surface area (Å²) >= 11 is 0. The summed E-state index contributed by atoms with van der Waals surface area (Å²) in [5, 5.41) is 0. The number of nitrogens with zero attached hydrogens (tertiary/aromatic N) is 3. The van der Waals surface area contributed by atoms with Gasteiger partial charge in [0.25, 0.3) is 5.91 Å². The van der Waals surface area contributed by atoms with Crippen LogP contribution in [0.15, 0.2) is 48.5 Å². The minimum Gasteiger partial charge on any atom is -0.482 e. The molecule has 0 N–H and O–H groups in total. The summed E-state index contributed by atoms with van der Waals surface area (Å²) in [6, 6.07) is 15.8. The van der Waals surface area contributed by atoms with E-state index in [-0.39, 0.29) is 12.0 Å². The van der Waals surface area contributed by atoms with Crippen LogP contribution in [0.3, 0.4) is 0 Å². The third-order valence-corrected chi connectivity index (χ3v) is 6.30. The average molecular weight is 405 g/mol. The van der Waals surface area contributed by atoms with Crippen LogP contribution in [0.25, 0.3) is 11.0 Å². The number of aryl methyl sites for hydroxylation is 1. The molecule has 1 saturated heterocycles. The number of para-hydroxylation sites is 4. The van der Waals surface area contributed by atoms with Crippen molar-refractivity contribution in [2.45, 2.75) is 45.4 Å². The molecule has 156 valence electrons. The van der Waals surface area contributed by atoms with Crippen molar-refractivity contribution >= 4 is 16.9 Å². The van der Waals surface area contributed by atoms with Crippen LogP contribution in [-0.2, 0) is 11.3 Å². The zero-order valence-corrected chi connectivity index (χ0v) is 17.5. The summed E-state index contributed by atoms with van der Waals surface area (Å²) in [6.07, 6.45) is 1.08. The van der Waals surface area contributed by atoms with Gasteiger partial charge in [-0.05, 0) is 56.9 Å². The van der Waals surface area contributed by atoms with Crippen LogP contribution < -0.4 is 9.47 Å². The second-order valence-corrected chi connectivity index (χ2v) is 8.34. The van der Waals surface area contributed by atoms with Crippen LogP contribution in [0.2, 0.25) is 0 Å². The Kier molecular flexibility index (Phi) is 4.85. The number of benzene rings is 2. The molecule has 2 atom stereocenters. The summed E-state index contributed by atoms with van der Waals surface area (Å²) < 4.78 is 14.2. The molecule has 6 nitrogen and oxygen atoms in total. The number of carbonyl (C=O) groups is 1. The van der Waals surface area contributed by atoms with Crippen molar-refractivity contribution in [1.82, 2.24) is 14.5 Å². The number of carbonyl (C=O) groups excluding carboxylic acids is 1. The first kappa shape index (κ1) is 19.0. The molecule has 1 aromatic heterocycles. The highest BCUT2D eigenvalue weighted by atomic mass is 16.6. The third kappa shape index (κ3) is 3.40. The Morgan fingerprint density at radius 2 is 1.70 bits per heavy atom. The molecule has 6 heteroatoms. The number of hydrogen-bond acceptors (Lipinski definition) is 4. The molecule has 0 spiro atoms. The molecule has 2 aliphatic heterocycles. The van der Waals surface area contributed by atoms with E-state index < -0.39 is 6.10 Å². The number of fused-ring (bicyclic) bond motifs is 2. The molecule has 5 rings (SSSR count). The van der Waals surface area contributed by atoms with Gasteiger partial charge in [-0.2, -0.15) is 0 Å². The van der Waals surface area contributed by atoms with E-state index in [1.165, 1.54) is 5.52 Å². The lowest BCUT2D eigenvalue weighted by Gasteiger charge is -2.37. The predicted octanol–water partition coefficient (Wildman–Crippen LogP) is 3.81. The average Bonchev–Trinajstić information content (AvgIpc) is 3.08. The lowest BCUT2D eigenvalue weighted by Crippen LogP contribution is -2.52. The van der Waals surface area contributed by atoms with Gasteiger partial charge in [-0.25, -0.2) is 4.98 Å². The van der Waals surface area contributed by atoms with Crippen LogP contribution >= 0.6 is 0 Å². The van der Waals surface area contributed by atoms with Gasteiger partial charge in [0.05, 0.1) is 11.0 Å². The number of amides is 1. The number of aromatic nitrogens is 2. The molecule has 0 saturated carbocycles. The van der Waals surface area contributed by atoms with Crippen molar-refractivity contribution in [2.75, 3.05) is 13.1 Å². The molecular formula is C24H27N3O3. The Balaban J connectivity index is 1.23. The molecule has 1 amide bonds. The van der Waals surface area contributed by atoms with Crippen molar-refractivity contribution in [3.05, 3.63) is 54.4 Å². The van der Waals surface area contributed by atoms with Crippen molar-refractivity contribution in [1.29, 1.82) is 0 Å². The van der Waals surface area contributed by atoms with Gasteiger partial charge < -0.3 is 18.9 Å². The Hall–Kier alpha value is -3.02. The Morgan fingerprint density at radius 3 is 2.47 bits per heavy atom. The lowest BCUT2D eigenvalue weighted by molar-refractivity contribution is -0.145. The molecule has 30 heavy (non-hydrogen) atoms. The van der Waals surface area contributed by atoms with E-state index in [9.17, 15) is 4.79 Å². The summed E-state index contributed by atoms with van der Waals surface area (Å²) in [5.41, 5.74) is 2.24. The third-order valence-electron chi connectivity index (χ3n) is 6.30. The van der Waals surface area contributed by atoms with Crippen LogP contribution in [-0.4, -0.2) is 45.7 Å². The standard InChI is InChI=1S/C24H27N3O3/c1-16-23(30-22-10-6-5-9-21(22)29-16)24(28)26-13-11-18(12-14-26)15-27-17(2)25-19-7-3-4-8-20(19)27/h3-10,16,18,23H,11-15H2,1-2H3. The highest BCUT2D eigenvalue weighted by molar-refractivity contribution is 5.82. The predicted molar refractivity (Wildman–Crippen MR) is 115 cm³/mol. The van der Waals surface area contributed by atoms with Gasteiger partial charge in [-0.3, -0.25) is 4.79 Å². The van der Waals surface area contributed by atoms with E-state index in [0.29, 0.717) is 17.4 Å². The smallest absolute Gasteiger partial charge is 0.267 e. The zero-order valence-electron chi connectivity index (χ0n) is 17.5. The SMILES string of the molecule is Cc1nc2ccccc2n1CC1CCN(C(=O)C2Oc3ccccc3OC2C)CC1. The first-order valence-electron chi connectivity index (χ1n) is 10.7. The van der Waals surface area contributed by atoms with Crippen LogP contribution in [0.1, 0.15) is 25.6 Å². The molecule has 2 aromatic carbocycles. The summed E-state index contributed by atoms with van der Waals surface area (Å²) in [6.45, 7) is 6.42. The number of ether oxygens (including phenoxy) is 2. The first-order chi connectivity index (χ1) is 14.6. The molecule has 0 bridgehead atoms. The highest BCUT2D eigenvalue weighted by Crippen LogP contribution is 2.34. The van der Waals surface area contributed by atoms with Gasteiger partial charge in [-0.15, -0.1) is 0 Å². The number of piperidine rings is 1. The van der Waals surface area contributed by atoms with Crippen molar-refractivity contribution in [3.63, 3.8) is 0 Å². The molecule has 0 radical (unpaired) electrons. The second-order valence-electron chi connectivity index (χ2n) is 8.34. The van der Waals surface area contributed by atoms with Crippen LogP contribution in [0.4, 0.5) is 0 Å². The molecule has 0 aliphatic carbocycles. The number of hydrogen-bond donors (Lipinski definition) is 0. The lowest BCUT2D eigenvalue weighted by atomic mass is 9.96. The van der Waals surface area contributed by atoms with E-state index in [2.05, 4.69) is 34.7 Å².